The first-order valence-electron chi connectivity index (χ1n) is 9.06. The number of benzene rings is 1. The molecule has 1 aliphatic carbocycles. The number of aryl methyl sites for hydroxylation is 1. The molecule has 27 heavy (non-hydrogen) atoms. The van der Waals surface area contributed by atoms with Gasteiger partial charge in [0.15, 0.2) is 0 Å². The number of hydrogen-bond acceptors (Lipinski definition) is 4. The van der Waals surface area contributed by atoms with Crippen LogP contribution in [-0.4, -0.2) is 5.91 Å². The minimum absolute atomic E-state index is 0.235. The van der Waals surface area contributed by atoms with Crippen molar-refractivity contribution in [3.8, 4) is 6.07 Å². The van der Waals surface area contributed by atoms with Crippen LogP contribution in [0.15, 0.2) is 18.2 Å². The maximum Gasteiger partial charge on any atom is 0.267 e. The Hall–Kier alpha value is -1.87. The fourth-order valence-electron chi connectivity index (χ4n) is 3.69. The van der Waals surface area contributed by atoms with Crippen LogP contribution >= 0.6 is 34.3 Å². The molecule has 0 fully saturated rings. The van der Waals surface area contributed by atoms with Crippen LogP contribution in [0.4, 0.5) is 5.00 Å². The zero-order chi connectivity index (χ0) is 19.1. The van der Waals surface area contributed by atoms with Crippen molar-refractivity contribution in [2.45, 2.75) is 39.5 Å². The zero-order valence-electron chi connectivity index (χ0n) is 15.2. The summed E-state index contributed by atoms with van der Waals surface area (Å²) in [7, 11) is 0. The van der Waals surface area contributed by atoms with Crippen molar-refractivity contribution >= 4 is 55.3 Å². The number of amides is 1. The van der Waals surface area contributed by atoms with Gasteiger partial charge in [-0.05, 0) is 49.3 Å². The highest BCUT2D eigenvalue weighted by Gasteiger charge is 2.27. The standard InChI is InChI=1S/C21H19ClN2OS2/c1-3-12-5-7-13-15(10-23)21(27-17(13)9-12)24-20(25)19-18(22)14-6-4-11(2)8-16(14)26-19/h4,6,8,12H,3,5,7,9H2,1-2H3,(H,24,25)/t12-/m1/s1. The first kappa shape index (κ1) is 18.5. The summed E-state index contributed by atoms with van der Waals surface area (Å²) in [5.41, 5.74) is 2.89. The van der Waals surface area contributed by atoms with Gasteiger partial charge in [0, 0.05) is 15.0 Å². The Bertz CT molecular complexity index is 1090. The van der Waals surface area contributed by atoms with E-state index in [4.69, 9.17) is 11.6 Å². The summed E-state index contributed by atoms with van der Waals surface area (Å²) < 4.78 is 1.00. The monoisotopic (exact) mass is 414 g/mol. The first-order valence-corrected chi connectivity index (χ1v) is 11.1. The van der Waals surface area contributed by atoms with Crippen LogP contribution in [0, 0.1) is 24.2 Å². The van der Waals surface area contributed by atoms with E-state index in [2.05, 4.69) is 18.3 Å². The normalized spacial score (nSPS) is 16.1. The summed E-state index contributed by atoms with van der Waals surface area (Å²) in [4.78, 5) is 14.7. The molecular formula is C21H19ClN2OS2. The molecule has 3 nitrogen and oxygen atoms in total. The van der Waals surface area contributed by atoms with Gasteiger partial charge < -0.3 is 5.32 Å². The lowest BCUT2D eigenvalue weighted by Crippen LogP contribution is -2.12. The fraction of sp³-hybridized carbons (Fsp3) is 0.333. The summed E-state index contributed by atoms with van der Waals surface area (Å²) in [5, 5.41) is 14.7. The highest BCUT2D eigenvalue weighted by atomic mass is 35.5. The Morgan fingerprint density at radius 3 is 2.96 bits per heavy atom. The summed E-state index contributed by atoms with van der Waals surface area (Å²) >= 11 is 9.42. The minimum atomic E-state index is -0.235. The van der Waals surface area contributed by atoms with Crippen molar-refractivity contribution in [1.29, 1.82) is 5.26 Å². The number of carbonyl (C=O) groups excluding carboxylic acids is 1. The average molecular weight is 415 g/mol. The Kier molecular flexibility index (Phi) is 4.98. The summed E-state index contributed by atoms with van der Waals surface area (Å²) in [6, 6.07) is 8.30. The molecule has 1 N–H and O–H groups in total. The van der Waals surface area contributed by atoms with E-state index in [0.29, 0.717) is 26.4 Å². The number of rotatable bonds is 3. The largest absolute Gasteiger partial charge is 0.312 e. The average Bonchev–Trinajstić information content (AvgIpc) is 3.17. The molecule has 2 heterocycles. The van der Waals surface area contributed by atoms with Gasteiger partial charge in [-0.2, -0.15) is 5.26 Å². The molecule has 1 atom stereocenters. The molecule has 0 saturated heterocycles. The van der Waals surface area contributed by atoms with E-state index in [0.717, 1.165) is 46.9 Å². The van der Waals surface area contributed by atoms with Gasteiger partial charge in [-0.3, -0.25) is 4.79 Å². The van der Waals surface area contributed by atoms with Crippen LogP contribution in [0.3, 0.4) is 0 Å². The number of carbonyl (C=O) groups is 1. The predicted octanol–water partition coefficient (Wildman–Crippen LogP) is 6.56. The maximum absolute atomic E-state index is 12.9. The molecule has 0 radical (unpaired) electrons. The summed E-state index contributed by atoms with van der Waals surface area (Å²) in [6.45, 7) is 4.23. The number of nitriles is 1. The number of anilines is 1. The molecule has 0 bridgehead atoms. The topological polar surface area (TPSA) is 52.9 Å². The molecule has 6 heteroatoms. The van der Waals surface area contributed by atoms with Crippen molar-refractivity contribution in [2.75, 3.05) is 5.32 Å². The molecule has 1 aromatic carbocycles. The van der Waals surface area contributed by atoms with Gasteiger partial charge >= 0.3 is 0 Å². The quantitative estimate of drug-likeness (QED) is 0.527. The number of halogens is 1. The minimum Gasteiger partial charge on any atom is -0.312 e. The Balaban J connectivity index is 1.67. The molecule has 1 aliphatic rings. The van der Waals surface area contributed by atoms with E-state index in [1.807, 2.05) is 25.1 Å². The number of thiophene rings is 2. The summed E-state index contributed by atoms with van der Waals surface area (Å²) in [6.07, 6.45) is 4.19. The van der Waals surface area contributed by atoms with E-state index in [9.17, 15) is 10.1 Å². The highest BCUT2D eigenvalue weighted by Crippen LogP contribution is 2.41. The van der Waals surface area contributed by atoms with E-state index in [-0.39, 0.29) is 5.91 Å². The predicted molar refractivity (Wildman–Crippen MR) is 114 cm³/mol. The Morgan fingerprint density at radius 2 is 2.22 bits per heavy atom. The summed E-state index contributed by atoms with van der Waals surface area (Å²) in [5.74, 6) is 0.438. The second-order valence-electron chi connectivity index (χ2n) is 7.04. The van der Waals surface area contributed by atoms with Crippen LogP contribution < -0.4 is 5.32 Å². The van der Waals surface area contributed by atoms with Crippen molar-refractivity contribution < 1.29 is 4.79 Å². The molecule has 3 aromatic rings. The first-order chi connectivity index (χ1) is 13.0. The van der Waals surface area contributed by atoms with Crippen molar-refractivity contribution in [1.82, 2.24) is 0 Å². The second kappa shape index (κ2) is 7.27. The van der Waals surface area contributed by atoms with E-state index >= 15 is 0 Å². The van der Waals surface area contributed by atoms with Crippen LogP contribution in [0.25, 0.3) is 10.1 Å². The molecule has 2 aromatic heterocycles. The number of nitrogens with one attached hydrogen (secondary N) is 1. The number of nitrogens with zero attached hydrogens (tertiary/aromatic N) is 1. The van der Waals surface area contributed by atoms with Crippen LogP contribution in [-0.2, 0) is 12.8 Å². The SMILES string of the molecule is CC[C@@H]1CCc2c(sc(NC(=O)c3sc4cc(C)ccc4c3Cl)c2C#N)C1. The van der Waals surface area contributed by atoms with E-state index in [1.54, 1.807) is 11.3 Å². The van der Waals surface area contributed by atoms with Gasteiger partial charge in [0.1, 0.15) is 15.9 Å². The second-order valence-corrected chi connectivity index (χ2v) is 9.57. The smallest absolute Gasteiger partial charge is 0.267 e. The van der Waals surface area contributed by atoms with Gasteiger partial charge in [-0.15, -0.1) is 22.7 Å². The third-order valence-corrected chi connectivity index (χ3v) is 8.10. The maximum atomic E-state index is 12.9. The third-order valence-electron chi connectivity index (χ3n) is 5.27. The third kappa shape index (κ3) is 3.27. The van der Waals surface area contributed by atoms with Crippen LogP contribution in [0.5, 0.6) is 0 Å². The molecule has 1 amide bonds. The van der Waals surface area contributed by atoms with Crippen LogP contribution in [0.1, 0.15) is 51.0 Å². The molecule has 0 spiro atoms. The van der Waals surface area contributed by atoms with E-state index in [1.165, 1.54) is 16.2 Å². The lowest BCUT2D eigenvalue weighted by molar-refractivity contribution is 0.103. The molecule has 4 rings (SSSR count). The van der Waals surface area contributed by atoms with Gasteiger partial charge in [-0.1, -0.05) is 37.1 Å². The number of hydrogen-bond donors (Lipinski definition) is 1. The zero-order valence-corrected chi connectivity index (χ0v) is 17.6. The molecule has 0 saturated carbocycles. The molecule has 0 unspecified atom stereocenters. The van der Waals surface area contributed by atoms with Gasteiger partial charge in [0.2, 0.25) is 0 Å². The Morgan fingerprint density at radius 1 is 1.41 bits per heavy atom. The lowest BCUT2D eigenvalue weighted by Gasteiger charge is -2.20. The fourth-order valence-corrected chi connectivity index (χ4v) is 6.51. The van der Waals surface area contributed by atoms with Gasteiger partial charge in [0.25, 0.3) is 5.91 Å². The van der Waals surface area contributed by atoms with Crippen molar-refractivity contribution in [3.05, 3.63) is 49.7 Å². The Labute approximate surface area is 171 Å². The lowest BCUT2D eigenvalue weighted by atomic mass is 9.86. The molecule has 0 aliphatic heterocycles. The van der Waals surface area contributed by atoms with Crippen LogP contribution in [0.2, 0.25) is 5.02 Å². The van der Waals surface area contributed by atoms with Gasteiger partial charge in [-0.25, -0.2) is 0 Å². The molecular weight excluding hydrogens is 396 g/mol. The molecule has 138 valence electrons. The van der Waals surface area contributed by atoms with Gasteiger partial charge in [0.05, 0.1) is 10.6 Å². The highest BCUT2D eigenvalue weighted by molar-refractivity contribution is 7.22. The van der Waals surface area contributed by atoms with Crippen molar-refractivity contribution in [3.63, 3.8) is 0 Å². The van der Waals surface area contributed by atoms with Crippen molar-refractivity contribution in [2.24, 2.45) is 5.92 Å². The van der Waals surface area contributed by atoms with E-state index < -0.39 is 0 Å². The number of fused-ring (bicyclic) bond motifs is 2.